The number of amides is 1. The molecular weight excluding hydrogens is 204 g/mol. The Kier molecular flexibility index (Phi) is 5.22. The van der Waals surface area contributed by atoms with Gasteiger partial charge in [0.2, 0.25) is 5.91 Å². The number of aliphatic hydroxyl groups is 1. The van der Waals surface area contributed by atoms with Crippen molar-refractivity contribution >= 4 is 5.91 Å². The van der Waals surface area contributed by atoms with Crippen LogP contribution < -0.4 is 5.32 Å². The third-order valence-corrected chi connectivity index (χ3v) is 3.24. The molecule has 1 aliphatic heterocycles. The molecule has 1 amide bonds. The van der Waals surface area contributed by atoms with E-state index in [0.717, 1.165) is 25.9 Å². The molecule has 2 N–H and O–H groups in total. The fourth-order valence-electron chi connectivity index (χ4n) is 2.21. The lowest BCUT2D eigenvalue weighted by Gasteiger charge is -2.29. The minimum Gasteiger partial charge on any atom is -0.394 e. The van der Waals surface area contributed by atoms with E-state index >= 15 is 0 Å². The SMILES string of the molecule is CCCNC1CCN(C(CO)C(C)C)C1=O. The van der Waals surface area contributed by atoms with Crippen LogP contribution >= 0.6 is 0 Å². The number of likely N-dealkylation sites (tertiary alicyclic amines) is 1. The molecule has 1 aliphatic rings. The molecule has 16 heavy (non-hydrogen) atoms. The van der Waals surface area contributed by atoms with Crippen LogP contribution in [0.2, 0.25) is 0 Å². The number of hydrogen-bond donors (Lipinski definition) is 2. The Hall–Kier alpha value is -0.610. The first-order valence-corrected chi connectivity index (χ1v) is 6.26. The van der Waals surface area contributed by atoms with Crippen LogP contribution in [0.15, 0.2) is 0 Å². The van der Waals surface area contributed by atoms with E-state index in [9.17, 15) is 9.90 Å². The Labute approximate surface area is 98.0 Å². The van der Waals surface area contributed by atoms with Crippen LogP contribution in [0, 0.1) is 5.92 Å². The molecule has 0 saturated carbocycles. The van der Waals surface area contributed by atoms with Gasteiger partial charge in [-0.25, -0.2) is 0 Å². The summed E-state index contributed by atoms with van der Waals surface area (Å²) in [5.41, 5.74) is 0. The van der Waals surface area contributed by atoms with E-state index in [0.29, 0.717) is 5.92 Å². The summed E-state index contributed by atoms with van der Waals surface area (Å²) in [5.74, 6) is 0.458. The molecule has 1 rings (SSSR count). The summed E-state index contributed by atoms with van der Waals surface area (Å²) in [5, 5.41) is 12.6. The predicted molar refractivity (Wildman–Crippen MR) is 64.1 cm³/mol. The first-order chi connectivity index (χ1) is 7.61. The maximum absolute atomic E-state index is 12.1. The normalized spacial score (nSPS) is 23.2. The van der Waals surface area contributed by atoms with E-state index in [1.807, 2.05) is 18.7 Å². The number of aliphatic hydroxyl groups excluding tert-OH is 1. The monoisotopic (exact) mass is 228 g/mol. The highest BCUT2D eigenvalue weighted by Gasteiger charge is 2.36. The standard InChI is InChI=1S/C12H24N2O2/c1-4-6-13-10-5-7-14(12(10)16)11(8-15)9(2)3/h9-11,13,15H,4-8H2,1-3H3. The molecule has 0 aromatic heterocycles. The van der Waals surface area contributed by atoms with Crippen LogP contribution in [0.25, 0.3) is 0 Å². The van der Waals surface area contributed by atoms with Gasteiger partial charge in [-0.15, -0.1) is 0 Å². The molecule has 4 heteroatoms. The van der Waals surface area contributed by atoms with Crippen LogP contribution in [0.4, 0.5) is 0 Å². The lowest BCUT2D eigenvalue weighted by molar-refractivity contribution is -0.133. The fourth-order valence-corrected chi connectivity index (χ4v) is 2.21. The Morgan fingerprint density at radius 3 is 2.75 bits per heavy atom. The first kappa shape index (κ1) is 13.5. The van der Waals surface area contributed by atoms with E-state index in [1.165, 1.54) is 0 Å². The minimum atomic E-state index is -0.0345. The number of nitrogens with zero attached hydrogens (tertiary/aromatic N) is 1. The van der Waals surface area contributed by atoms with Crippen LogP contribution in [0.3, 0.4) is 0 Å². The molecule has 1 fully saturated rings. The lowest BCUT2D eigenvalue weighted by Crippen LogP contribution is -2.46. The van der Waals surface area contributed by atoms with Gasteiger partial charge in [0.25, 0.3) is 0 Å². The summed E-state index contributed by atoms with van der Waals surface area (Å²) in [4.78, 5) is 13.9. The van der Waals surface area contributed by atoms with Crippen molar-refractivity contribution in [3.8, 4) is 0 Å². The van der Waals surface area contributed by atoms with Crippen molar-refractivity contribution in [2.24, 2.45) is 5.92 Å². The lowest BCUT2D eigenvalue weighted by atomic mass is 10.0. The number of hydrogen-bond acceptors (Lipinski definition) is 3. The van der Waals surface area contributed by atoms with E-state index < -0.39 is 0 Å². The maximum Gasteiger partial charge on any atom is 0.240 e. The molecular formula is C12H24N2O2. The molecule has 0 aromatic rings. The van der Waals surface area contributed by atoms with Crippen molar-refractivity contribution in [2.75, 3.05) is 19.7 Å². The largest absolute Gasteiger partial charge is 0.394 e. The van der Waals surface area contributed by atoms with Crippen LogP contribution in [-0.2, 0) is 4.79 Å². The molecule has 4 nitrogen and oxygen atoms in total. The maximum atomic E-state index is 12.1. The van der Waals surface area contributed by atoms with Crippen molar-refractivity contribution in [2.45, 2.75) is 45.7 Å². The van der Waals surface area contributed by atoms with Gasteiger partial charge in [0.1, 0.15) is 0 Å². The fraction of sp³-hybridized carbons (Fsp3) is 0.917. The van der Waals surface area contributed by atoms with Gasteiger partial charge >= 0.3 is 0 Å². The van der Waals surface area contributed by atoms with Crippen molar-refractivity contribution in [1.29, 1.82) is 0 Å². The van der Waals surface area contributed by atoms with E-state index in [-0.39, 0.29) is 24.6 Å². The second-order valence-electron chi connectivity index (χ2n) is 4.82. The van der Waals surface area contributed by atoms with Crippen molar-refractivity contribution in [3.63, 3.8) is 0 Å². The van der Waals surface area contributed by atoms with Gasteiger partial charge in [-0.3, -0.25) is 4.79 Å². The second kappa shape index (κ2) is 6.21. The summed E-state index contributed by atoms with van der Waals surface area (Å²) >= 11 is 0. The number of rotatable bonds is 6. The summed E-state index contributed by atoms with van der Waals surface area (Å²) in [6.45, 7) is 7.89. The smallest absolute Gasteiger partial charge is 0.240 e. The van der Waals surface area contributed by atoms with Crippen molar-refractivity contribution in [3.05, 3.63) is 0 Å². The van der Waals surface area contributed by atoms with Gasteiger partial charge in [0.05, 0.1) is 18.7 Å². The zero-order valence-electron chi connectivity index (χ0n) is 10.6. The topological polar surface area (TPSA) is 52.6 Å². The third-order valence-electron chi connectivity index (χ3n) is 3.24. The Balaban J connectivity index is 2.55. The van der Waals surface area contributed by atoms with Gasteiger partial charge in [-0.05, 0) is 25.3 Å². The highest BCUT2D eigenvalue weighted by molar-refractivity contribution is 5.84. The molecule has 0 aliphatic carbocycles. The molecule has 2 unspecified atom stereocenters. The quantitative estimate of drug-likeness (QED) is 0.700. The summed E-state index contributed by atoms with van der Waals surface area (Å²) < 4.78 is 0. The molecule has 2 atom stereocenters. The molecule has 1 saturated heterocycles. The average Bonchev–Trinajstić information content (AvgIpc) is 2.59. The van der Waals surface area contributed by atoms with Crippen molar-refractivity contribution < 1.29 is 9.90 Å². The van der Waals surface area contributed by atoms with Gasteiger partial charge in [-0.1, -0.05) is 20.8 Å². The van der Waals surface area contributed by atoms with E-state index in [1.54, 1.807) is 0 Å². The molecule has 1 heterocycles. The van der Waals surface area contributed by atoms with E-state index in [4.69, 9.17) is 0 Å². The molecule has 0 bridgehead atoms. The summed E-state index contributed by atoms with van der Waals surface area (Å²) in [6, 6.07) is -0.0614. The van der Waals surface area contributed by atoms with Gasteiger partial charge in [-0.2, -0.15) is 0 Å². The molecule has 94 valence electrons. The van der Waals surface area contributed by atoms with Crippen LogP contribution in [-0.4, -0.2) is 47.7 Å². The van der Waals surface area contributed by atoms with Gasteiger partial charge < -0.3 is 15.3 Å². The Morgan fingerprint density at radius 2 is 2.25 bits per heavy atom. The third kappa shape index (κ3) is 2.95. The second-order valence-corrected chi connectivity index (χ2v) is 4.82. The van der Waals surface area contributed by atoms with Gasteiger partial charge in [0, 0.05) is 6.54 Å². The van der Waals surface area contributed by atoms with Crippen LogP contribution in [0.1, 0.15) is 33.6 Å². The number of carbonyl (C=O) groups excluding carboxylic acids is 1. The summed E-state index contributed by atoms with van der Waals surface area (Å²) in [7, 11) is 0. The highest BCUT2D eigenvalue weighted by atomic mass is 16.3. The van der Waals surface area contributed by atoms with E-state index in [2.05, 4.69) is 12.2 Å². The zero-order valence-corrected chi connectivity index (χ0v) is 10.6. The molecule has 0 spiro atoms. The number of nitrogens with one attached hydrogen (secondary N) is 1. The molecule has 0 aromatic carbocycles. The predicted octanol–water partition coefficient (Wildman–Crippen LogP) is 0.604. The number of carbonyl (C=O) groups is 1. The minimum absolute atomic E-state index is 0.0269. The Bertz CT molecular complexity index is 231. The highest BCUT2D eigenvalue weighted by Crippen LogP contribution is 2.19. The molecule has 0 radical (unpaired) electrons. The van der Waals surface area contributed by atoms with Crippen molar-refractivity contribution in [1.82, 2.24) is 10.2 Å². The first-order valence-electron chi connectivity index (χ1n) is 6.26. The zero-order chi connectivity index (χ0) is 12.1. The summed E-state index contributed by atoms with van der Waals surface area (Å²) in [6.07, 6.45) is 1.90. The Morgan fingerprint density at radius 1 is 1.56 bits per heavy atom. The van der Waals surface area contributed by atoms with Gasteiger partial charge in [0.15, 0.2) is 0 Å². The van der Waals surface area contributed by atoms with Crippen LogP contribution in [0.5, 0.6) is 0 Å². The average molecular weight is 228 g/mol.